The Morgan fingerprint density at radius 1 is 0.769 bits per heavy atom. The van der Waals surface area contributed by atoms with Gasteiger partial charge in [-0.05, 0) is 25.0 Å². The van der Waals surface area contributed by atoms with Crippen LogP contribution in [0.15, 0.2) is 13.2 Å². The lowest BCUT2D eigenvalue weighted by molar-refractivity contribution is 0.432. The summed E-state index contributed by atoms with van der Waals surface area (Å²) >= 11 is 1.83. The molecule has 1 radical (unpaired) electrons. The summed E-state index contributed by atoms with van der Waals surface area (Å²) in [6.07, 6.45) is 22.2. The molecule has 0 bridgehead atoms. The number of thiazole rings is 1. The molecule has 0 spiro atoms. The van der Waals surface area contributed by atoms with Crippen LogP contribution in [0, 0.1) is 0 Å². The molecule has 1 aromatic heterocycles. The van der Waals surface area contributed by atoms with Crippen LogP contribution in [-0.4, -0.2) is 12.3 Å². The zero-order valence-corrected chi connectivity index (χ0v) is 17.2. The first-order valence-corrected chi connectivity index (χ1v) is 11.7. The second-order valence-electron chi connectivity index (χ2n) is 8.33. The van der Waals surface area contributed by atoms with E-state index in [1.165, 1.54) is 93.4 Å². The van der Waals surface area contributed by atoms with E-state index in [1.807, 2.05) is 23.5 Å². The van der Waals surface area contributed by atoms with Crippen LogP contribution in [0.3, 0.4) is 0 Å². The van der Waals surface area contributed by atoms with E-state index in [2.05, 4.69) is 20.4 Å². The minimum atomic E-state index is 0.654. The minimum Gasteiger partial charge on any atom is -0.241 e. The average Bonchev–Trinajstić information content (AvgIpc) is 3.11. The van der Waals surface area contributed by atoms with Crippen molar-refractivity contribution in [2.24, 2.45) is 0 Å². The smallest absolute Gasteiger partial charge is 0.117 e. The number of nitrogens with zero attached hydrogens (tertiary/aromatic N) is 1. The molecule has 2 aliphatic carbocycles. The van der Waals surface area contributed by atoms with Gasteiger partial charge < -0.3 is 0 Å². The maximum atomic E-state index is 4.83. The summed E-state index contributed by atoms with van der Waals surface area (Å²) in [5.41, 5.74) is 1.02. The Morgan fingerprint density at radius 3 is 1.88 bits per heavy atom. The number of hydrogen-bond donors (Lipinski definition) is 0. The van der Waals surface area contributed by atoms with Crippen LogP contribution >= 0.6 is 11.3 Å². The second-order valence-corrected chi connectivity index (χ2v) is 9.39. The summed E-state index contributed by atoms with van der Waals surface area (Å²) < 4.78 is 0. The van der Waals surface area contributed by atoms with E-state index in [0.29, 0.717) is 5.92 Å². The largest absolute Gasteiger partial charge is 0.241 e. The highest BCUT2D eigenvalue weighted by molar-refractivity contribution is 7.12. The predicted octanol–water partition coefficient (Wildman–Crippen LogP) is 7.89. The SMILES string of the molecule is C=Cc1nc(C2CCC([B]C3CCCCCCCCC3)CC2)sc1C=C. The highest BCUT2D eigenvalue weighted by Crippen LogP contribution is 2.42. The maximum absolute atomic E-state index is 4.83. The topological polar surface area (TPSA) is 12.9 Å². The van der Waals surface area contributed by atoms with Crippen LogP contribution in [0.5, 0.6) is 0 Å². The molecule has 0 aliphatic heterocycles. The number of rotatable bonds is 5. The Hall–Kier alpha value is -0.825. The highest BCUT2D eigenvalue weighted by Gasteiger charge is 2.27. The summed E-state index contributed by atoms with van der Waals surface area (Å²) in [7, 11) is 2.77. The first kappa shape index (κ1) is 19.9. The van der Waals surface area contributed by atoms with Crippen molar-refractivity contribution in [1.29, 1.82) is 0 Å². The lowest BCUT2D eigenvalue weighted by Gasteiger charge is -2.30. The zero-order chi connectivity index (χ0) is 18.2. The van der Waals surface area contributed by atoms with Gasteiger partial charge in [-0.2, -0.15) is 0 Å². The lowest BCUT2D eigenvalue weighted by Crippen LogP contribution is -2.18. The molecule has 2 aliphatic rings. The van der Waals surface area contributed by atoms with Gasteiger partial charge in [0.15, 0.2) is 0 Å². The predicted molar refractivity (Wildman–Crippen MR) is 118 cm³/mol. The third-order valence-corrected chi connectivity index (χ3v) is 7.62. The second kappa shape index (κ2) is 10.5. The van der Waals surface area contributed by atoms with E-state index >= 15 is 0 Å². The van der Waals surface area contributed by atoms with Crippen molar-refractivity contribution in [1.82, 2.24) is 4.98 Å². The summed E-state index contributed by atoms with van der Waals surface area (Å²) in [6, 6.07) is 0. The molecule has 1 aromatic rings. The molecule has 26 heavy (non-hydrogen) atoms. The van der Waals surface area contributed by atoms with Crippen molar-refractivity contribution in [2.75, 3.05) is 0 Å². The van der Waals surface area contributed by atoms with Crippen LogP contribution < -0.4 is 0 Å². The van der Waals surface area contributed by atoms with Crippen LogP contribution in [-0.2, 0) is 0 Å². The van der Waals surface area contributed by atoms with Gasteiger partial charge in [-0.3, -0.25) is 0 Å². The van der Waals surface area contributed by atoms with Crippen molar-refractivity contribution in [3.8, 4) is 0 Å². The Labute approximate surface area is 165 Å². The van der Waals surface area contributed by atoms with E-state index in [9.17, 15) is 0 Å². The van der Waals surface area contributed by atoms with Gasteiger partial charge in [0.05, 0.1) is 15.6 Å². The van der Waals surface area contributed by atoms with E-state index < -0.39 is 0 Å². The summed E-state index contributed by atoms with van der Waals surface area (Å²) in [6.45, 7) is 7.81. The monoisotopic (exact) mass is 368 g/mol. The molecule has 2 saturated carbocycles. The fourth-order valence-corrected chi connectivity index (χ4v) is 5.89. The first-order valence-electron chi connectivity index (χ1n) is 10.9. The Bertz CT molecular complexity index is 535. The van der Waals surface area contributed by atoms with Gasteiger partial charge in [0, 0.05) is 5.92 Å². The van der Waals surface area contributed by atoms with Gasteiger partial charge in [-0.15, -0.1) is 11.3 Å². The lowest BCUT2D eigenvalue weighted by atomic mass is 9.48. The van der Waals surface area contributed by atoms with Crippen molar-refractivity contribution < 1.29 is 0 Å². The summed E-state index contributed by atoms with van der Waals surface area (Å²) in [5, 5.41) is 1.31. The number of hydrogen-bond acceptors (Lipinski definition) is 2. The van der Waals surface area contributed by atoms with Gasteiger partial charge in [0.1, 0.15) is 7.28 Å². The molecule has 0 aromatic carbocycles. The minimum absolute atomic E-state index is 0.654. The fraction of sp³-hybridized carbons (Fsp3) is 0.696. The fourth-order valence-electron chi connectivity index (χ4n) is 4.81. The Kier molecular flexibility index (Phi) is 8.04. The van der Waals surface area contributed by atoms with E-state index in [4.69, 9.17) is 4.98 Å². The van der Waals surface area contributed by atoms with Crippen molar-refractivity contribution in [3.63, 3.8) is 0 Å². The van der Waals surface area contributed by atoms with E-state index in [0.717, 1.165) is 17.3 Å². The summed E-state index contributed by atoms with van der Waals surface area (Å²) in [5.74, 6) is 2.38. The molecule has 1 nitrogen and oxygen atoms in total. The molecule has 0 amide bonds. The molecular weight excluding hydrogens is 333 g/mol. The molecule has 0 saturated heterocycles. The van der Waals surface area contributed by atoms with Crippen LogP contribution in [0.4, 0.5) is 0 Å². The molecule has 0 atom stereocenters. The molecule has 0 unspecified atom stereocenters. The molecule has 1 heterocycles. The average molecular weight is 368 g/mol. The van der Waals surface area contributed by atoms with Crippen molar-refractivity contribution >= 4 is 30.8 Å². The summed E-state index contributed by atoms with van der Waals surface area (Å²) in [4.78, 5) is 6.01. The van der Waals surface area contributed by atoms with Gasteiger partial charge in [0.25, 0.3) is 0 Å². The molecule has 2 fully saturated rings. The molecule has 3 heteroatoms. The van der Waals surface area contributed by atoms with E-state index in [1.54, 1.807) is 0 Å². The molecule has 0 N–H and O–H groups in total. The van der Waals surface area contributed by atoms with Gasteiger partial charge in [0.2, 0.25) is 0 Å². The zero-order valence-electron chi connectivity index (χ0n) is 16.4. The third-order valence-electron chi connectivity index (χ3n) is 6.39. The van der Waals surface area contributed by atoms with Crippen LogP contribution in [0.1, 0.15) is 105 Å². The molecule has 3 rings (SSSR count). The quantitative estimate of drug-likeness (QED) is 0.481. The number of aromatic nitrogens is 1. The Morgan fingerprint density at radius 2 is 1.35 bits per heavy atom. The molecule has 141 valence electrons. The first-order chi connectivity index (χ1) is 12.8. The Balaban J connectivity index is 1.48. The van der Waals surface area contributed by atoms with E-state index in [-0.39, 0.29) is 0 Å². The van der Waals surface area contributed by atoms with Crippen LogP contribution in [0.25, 0.3) is 12.2 Å². The van der Waals surface area contributed by atoms with Crippen molar-refractivity contribution in [2.45, 2.75) is 101 Å². The standard InChI is InChI=1S/C23H35BNS/c1-3-21-22(4-2)26-23(25-21)18-14-16-20(17-15-18)24-19-12-10-8-6-5-7-9-11-13-19/h3-4,18-20H,1-2,5-17H2. The van der Waals surface area contributed by atoms with Crippen molar-refractivity contribution in [3.05, 3.63) is 28.7 Å². The molecular formula is C23H35BNS. The van der Waals surface area contributed by atoms with Gasteiger partial charge >= 0.3 is 0 Å². The highest BCUT2D eigenvalue weighted by atomic mass is 32.1. The van der Waals surface area contributed by atoms with Crippen LogP contribution in [0.2, 0.25) is 11.6 Å². The third kappa shape index (κ3) is 5.58. The maximum Gasteiger partial charge on any atom is 0.117 e. The normalized spacial score (nSPS) is 26.2. The van der Waals surface area contributed by atoms with Gasteiger partial charge in [-0.1, -0.05) is 95.4 Å². The van der Waals surface area contributed by atoms with Gasteiger partial charge in [-0.25, -0.2) is 4.98 Å².